The molecule has 1 unspecified atom stereocenters. The van der Waals surface area contributed by atoms with Crippen LogP contribution in [0.5, 0.6) is 5.75 Å². The number of ether oxygens (including phenoxy) is 2. The Hall–Kier alpha value is -3.39. The fraction of sp³-hybridized carbons (Fsp3) is 0.400. The molecular weight excluding hydrogens is 422 g/mol. The van der Waals surface area contributed by atoms with Crippen molar-refractivity contribution < 1.29 is 23.9 Å². The number of likely N-dealkylation sites (tertiary alicyclic amines) is 1. The second-order valence-corrected chi connectivity index (χ2v) is 8.54. The van der Waals surface area contributed by atoms with Crippen molar-refractivity contribution in [2.75, 3.05) is 44.3 Å². The number of amides is 3. The molecule has 1 atom stereocenters. The van der Waals surface area contributed by atoms with Crippen molar-refractivity contribution >= 4 is 23.4 Å². The largest absolute Gasteiger partial charge is 0.476 e. The zero-order valence-electron chi connectivity index (χ0n) is 18.4. The van der Waals surface area contributed by atoms with Crippen LogP contribution in [0.2, 0.25) is 0 Å². The van der Waals surface area contributed by atoms with E-state index < -0.39 is 6.10 Å². The molecule has 3 aliphatic heterocycles. The molecule has 2 aromatic rings. The Kier molecular flexibility index (Phi) is 6.00. The number of benzene rings is 2. The Balaban J connectivity index is 1.34. The van der Waals surface area contributed by atoms with Crippen LogP contribution in [-0.2, 0) is 20.9 Å². The number of rotatable bonds is 4. The summed E-state index contributed by atoms with van der Waals surface area (Å²) >= 11 is 0. The van der Waals surface area contributed by atoms with Crippen molar-refractivity contribution in [3.63, 3.8) is 0 Å². The molecule has 0 spiro atoms. The molecule has 0 bridgehead atoms. The maximum atomic E-state index is 13.5. The first kappa shape index (κ1) is 21.5. The fourth-order valence-electron chi connectivity index (χ4n) is 4.54. The Bertz CT molecular complexity index is 1050. The molecule has 0 saturated carbocycles. The molecule has 172 valence electrons. The highest BCUT2D eigenvalue weighted by molar-refractivity contribution is 6.08. The lowest BCUT2D eigenvalue weighted by molar-refractivity contribution is -0.142. The molecule has 2 aromatic carbocycles. The van der Waals surface area contributed by atoms with Gasteiger partial charge in [-0.1, -0.05) is 24.3 Å². The smallest absolute Gasteiger partial charge is 0.265 e. The van der Waals surface area contributed by atoms with Crippen molar-refractivity contribution in [1.82, 2.24) is 9.80 Å². The standard InChI is InChI=1S/C25H27N3O5/c29-23-6-3-11-27(23)16-18-7-9-19(10-8-18)24(30)28-17-22(25(31)26-12-14-32-15-13-26)33-21-5-2-1-4-20(21)28/h1-2,4-5,7-10,22H,3,6,11-17H2. The van der Waals surface area contributed by atoms with E-state index in [1.807, 2.05) is 35.2 Å². The molecule has 2 fully saturated rings. The van der Waals surface area contributed by atoms with Gasteiger partial charge in [-0.2, -0.15) is 0 Å². The highest BCUT2D eigenvalue weighted by atomic mass is 16.5. The van der Waals surface area contributed by atoms with E-state index in [1.165, 1.54) is 0 Å². The monoisotopic (exact) mass is 449 g/mol. The van der Waals surface area contributed by atoms with Gasteiger partial charge >= 0.3 is 0 Å². The van der Waals surface area contributed by atoms with E-state index in [0.717, 1.165) is 18.5 Å². The molecule has 3 amide bonds. The van der Waals surface area contributed by atoms with Crippen LogP contribution in [0, 0.1) is 0 Å². The van der Waals surface area contributed by atoms with E-state index in [-0.39, 0.29) is 24.3 Å². The number of fused-ring (bicyclic) bond motifs is 1. The van der Waals surface area contributed by atoms with Gasteiger partial charge in [0.2, 0.25) is 5.91 Å². The Morgan fingerprint density at radius 2 is 1.73 bits per heavy atom. The van der Waals surface area contributed by atoms with Gasteiger partial charge in [0.25, 0.3) is 11.8 Å². The van der Waals surface area contributed by atoms with E-state index in [4.69, 9.17) is 9.47 Å². The molecule has 8 nitrogen and oxygen atoms in total. The third-order valence-corrected chi connectivity index (χ3v) is 6.36. The zero-order valence-corrected chi connectivity index (χ0v) is 18.4. The van der Waals surface area contributed by atoms with Crippen LogP contribution in [0.1, 0.15) is 28.8 Å². The van der Waals surface area contributed by atoms with Crippen molar-refractivity contribution in [2.24, 2.45) is 0 Å². The fourth-order valence-corrected chi connectivity index (χ4v) is 4.54. The highest BCUT2D eigenvalue weighted by Gasteiger charge is 2.36. The Labute approximate surface area is 192 Å². The predicted octanol–water partition coefficient (Wildman–Crippen LogP) is 2.08. The van der Waals surface area contributed by atoms with E-state index in [2.05, 4.69) is 0 Å². The van der Waals surface area contributed by atoms with Crippen molar-refractivity contribution in [3.05, 3.63) is 59.7 Å². The van der Waals surface area contributed by atoms with Crippen molar-refractivity contribution in [2.45, 2.75) is 25.5 Å². The van der Waals surface area contributed by atoms with Crippen molar-refractivity contribution in [1.29, 1.82) is 0 Å². The number of anilines is 1. The van der Waals surface area contributed by atoms with Gasteiger partial charge in [0, 0.05) is 38.2 Å². The highest BCUT2D eigenvalue weighted by Crippen LogP contribution is 2.34. The van der Waals surface area contributed by atoms with Gasteiger partial charge in [0.15, 0.2) is 6.10 Å². The van der Waals surface area contributed by atoms with Gasteiger partial charge in [-0.05, 0) is 36.2 Å². The van der Waals surface area contributed by atoms with E-state index in [9.17, 15) is 14.4 Å². The minimum absolute atomic E-state index is 0.128. The minimum Gasteiger partial charge on any atom is -0.476 e. The van der Waals surface area contributed by atoms with Crippen LogP contribution in [0.15, 0.2) is 48.5 Å². The Morgan fingerprint density at radius 1 is 0.970 bits per heavy atom. The van der Waals surface area contributed by atoms with Crippen LogP contribution in [-0.4, -0.2) is 73.0 Å². The number of hydrogen-bond acceptors (Lipinski definition) is 5. The van der Waals surface area contributed by atoms with Crippen LogP contribution >= 0.6 is 0 Å². The van der Waals surface area contributed by atoms with Gasteiger partial charge in [-0.3, -0.25) is 14.4 Å². The van der Waals surface area contributed by atoms with Crippen molar-refractivity contribution in [3.8, 4) is 5.75 Å². The molecular formula is C25H27N3O5. The number of morpholine rings is 1. The van der Waals surface area contributed by atoms with Gasteiger partial charge in [-0.15, -0.1) is 0 Å². The summed E-state index contributed by atoms with van der Waals surface area (Å²) in [5.41, 5.74) is 2.17. The molecule has 33 heavy (non-hydrogen) atoms. The predicted molar refractivity (Wildman–Crippen MR) is 121 cm³/mol. The topological polar surface area (TPSA) is 79.4 Å². The van der Waals surface area contributed by atoms with E-state index in [1.54, 1.807) is 28.0 Å². The first-order chi connectivity index (χ1) is 16.1. The lowest BCUT2D eigenvalue weighted by atomic mass is 10.1. The molecule has 0 radical (unpaired) electrons. The van der Waals surface area contributed by atoms with Gasteiger partial charge < -0.3 is 24.2 Å². The molecule has 5 rings (SSSR count). The van der Waals surface area contributed by atoms with Crippen LogP contribution in [0.4, 0.5) is 5.69 Å². The second-order valence-electron chi connectivity index (χ2n) is 8.54. The van der Waals surface area contributed by atoms with Gasteiger partial charge in [0.05, 0.1) is 25.4 Å². The number of nitrogens with zero attached hydrogens (tertiary/aromatic N) is 3. The first-order valence-electron chi connectivity index (χ1n) is 11.4. The summed E-state index contributed by atoms with van der Waals surface area (Å²) in [6, 6.07) is 14.6. The van der Waals surface area contributed by atoms with Gasteiger partial charge in [-0.25, -0.2) is 0 Å². The Morgan fingerprint density at radius 3 is 2.45 bits per heavy atom. The summed E-state index contributed by atoms with van der Waals surface area (Å²) in [5.74, 6) is 0.384. The number of hydrogen-bond donors (Lipinski definition) is 0. The maximum Gasteiger partial charge on any atom is 0.265 e. The second kappa shape index (κ2) is 9.23. The summed E-state index contributed by atoms with van der Waals surface area (Å²) in [7, 11) is 0. The molecule has 3 heterocycles. The number of para-hydroxylation sites is 2. The molecule has 3 aliphatic rings. The minimum atomic E-state index is -0.762. The van der Waals surface area contributed by atoms with E-state index in [0.29, 0.717) is 56.3 Å². The van der Waals surface area contributed by atoms with Crippen LogP contribution in [0.3, 0.4) is 0 Å². The number of carbonyl (C=O) groups is 3. The molecule has 0 N–H and O–H groups in total. The average Bonchev–Trinajstić information content (AvgIpc) is 3.27. The van der Waals surface area contributed by atoms with E-state index >= 15 is 0 Å². The summed E-state index contributed by atoms with van der Waals surface area (Å²) in [6.07, 6.45) is 0.746. The van der Waals surface area contributed by atoms with Gasteiger partial charge in [0.1, 0.15) is 5.75 Å². The first-order valence-corrected chi connectivity index (χ1v) is 11.4. The lowest BCUT2D eigenvalue weighted by Crippen LogP contribution is -2.54. The average molecular weight is 450 g/mol. The molecule has 0 aromatic heterocycles. The van der Waals surface area contributed by atoms with Crippen LogP contribution < -0.4 is 9.64 Å². The summed E-state index contributed by atoms with van der Waals surface area (Å²) < 4.78 is 11.4. The molecule has 0 aliphatic carbocycles. The quantitative estimate of drug-likeness (QED) is 0.714. The summed E-state index contributed by atoms with van der Waals surface area (Å²) in [6.45, 7) is 3.55. The number of carbonyl (C=O) groups excluding carboxylic acids is 3. The molecule has 2 saturated heterocycles. The third-order valence-electron chi connectivity index (χ3n) is 6.36. The summed E-state index contributed by atoms with van der Waals surface area (Å²) in [4.78, 5) is 43.7. The van der Waals surface area contributed by atoms with Crippen LogP contribution in [0.25, 0.3) is 0 Å². The maximum absolute atomic E-state index is 13.5. The third kappa shape index (κ3) is 4.43. The SMILES string of the molecule is O=C1CCCN1Cc1ccc(C(=O)N2CC(C(=O)N3CCOCC3)Oc3ccccc32)cc1. The zero-order chi connectivity index (χ0) is 22.8. The normalized spacial score (nSPS) is 20.4. The summed E-state index contributed by atoms with van der Waals surface area (Å²) in [5, 5.41) is 0. The lowest BCUT2D eigenvalue weighted by Gasteiger charge is -2.37. The molecule has 8 heteroatoms.